The highest BCUT2D eigenvalue weighted by molar-refractivity contribution is 7.26. The summed E-state index contributed by atoms with van der Waals surface area (Å²) in [6, 6.07) is 55.4. The number of anilines is 3. The fraction of sp³-hybridized carbons (Fsp3) is 0. The molecule has 2 aromatic heterocycles. The molecule has 0 saturated carbocycles. The topological polar surface area (TPSA) is 3.24 Å². The minimum absolute atomic E-state index is 1.14. The van der Waals surface area contributed by atoms with E-state index >= 15 is 0 Å². The van der Waals surface area contributed by atoms with Crippen molar-refractivity contribution in [2.24, 2.45) is 0 Å². The van der Waals surface area contributed by atoms with Crippen molar-refractivity contribution < 1.29 is 0 Å². The van der Waals surface area contributed by atoms with Crippen molar-refractivity contribution in [1.29, 1.82) is 0 Å². The Morgan fingerprint density at radius 1 is 0.395 bits per heavy atom. The summed E-state index contributed by atoms with van der Waals surface area (Å²) in [5.74, 6) is 0. The molecule has 9 aromatic rings. The lowest BCUT2D eigenvalue weighted by Gasteiger charge is -2.27. The summed E-state index contributed by atoms with van der Waals surface area (Å²) in [5, 5.41) is 7.84. The third-order valence-electron chi connectivity index (χ3n) is 8.46. The van der Waals surface area contributed by atoms with E-state index in [2.05, 4.69) is 157 Å². The summed E-state index contributed by atoms with van der Waals surface area (Å²) in [4.78, 5) is 2.44. The van der Waals surface area contributed by atoms with Gasteiger partial charge in [0.15, 0.2) is 0 Å². The fourth-order valence-corrected chi connectivity index (χ4v) is 8.81. The van der Waals surface area contributed by atoms with Gasteiger partial charge in [0, 0.05) is 51.7 Å². The summed E-state index contributed by atoms with van der Waals surface area (Å²) >= 11 is 3.75. The first-order chi connectivity index (χ1) is 21.3. The summed E-state index contributed by atoms with van der Waals surface area (Å²) < 4.78 is 5.31. The summed E-state index contributed by atoms with van der Waals surface area (Å²) in [6.07, 6.45) is 0. The van der Waals surface area contributed by atoms with Gasteiger partial charge in [-0.1, -0.05) is 103 Å². The molecule has 202 valence electrons. The van der Waals surface area contributed by atoms with Crippen LogP contribution in [0.3, 0.4) is 0 Å². The highest BCUT2D eigenvalue weighted by atomic mass is 32.1. The molecule has 3 heteroatoms. The zero-order chi connectivity index (χ0) is 28.3. The van der Waals surface area contributed by atoms with Crippen molar-refractivity contribution in [3.8, 4) is 11.1 Å². The minimum atomic E-state index is 1.14. The molecular formula is C40H25NS2. The number of benzene rings is 7. The Bertz CT molecular complexity index is 2450. The molecule has 0 spiro atoms. The fourth-order valence-electron chi connectivity index (χ4n) is 6.44. The van der Waals surface area contributed by atoms with Gasteiger partial charge in [-0.15, -0.1) is 22.7 Å². The molecule has 0 aliphatic rings. The summed E-state index contributed by atoms with van der Waals surface area (Å²) in [5.41, 5.74) is 5.94. The van der Waals surface area contributed by atoms with E-state index in [4.69, 9.17) is 0 Å². The van der Waals surface area contributed by atoms with E-state index < -0.39 is 0 Å². The number of thiophene rings is 2. The maximum Gasteiger partial charge on any atom is 0.0554 e. The van der Waals surface area contributed by atoms with Crippen LogP contribution in [0.2, 0.25) is 0 Å². The van der Waals surface area contributed by atoms with Crippen LogP contribution in [-0.2, 0) is 0 Å². The normalized spacial score (nSPS) is 11.7. The van der Waals surface area contributed by atoms with Crippen molar-refractivity contribution in [3.05, 3.63) is 152 Å². The number of fused-ring (bicyclic) bond motifs is 8. The Morgan fingerprint density at radius 3 is 1.88 bits per heavy atom. The standard InChI is InChI=1S/C40H25NS2/c1-2-9-26(10-3-1)27-17-20-29(21-18-27)41(35-13-8-16-38-39(35)34-12-5-7-15-37(34)42-38)30-22-24-31-28(25-30)19-23-33-32-11-4-6-14-36(32)43-40(31)33/h1-25H. The second-order valence-electron chi connectivity index (χ2n) is 10.9. The highest BCUT2D eigenvalue weighted by Gasteiger charge is 2.19. The first kappa shape index (κ1) is 24.6. The van der Waals surface area contributed by atoms with E-state index in [1.807, 2.05) is 22.7 Å². The Hall–Kier alpha value is -4.96. The number of rotatable bonds is 4. The van der Waals surface area contributed by atoms with Crippen molar-refractivity contribution >= 4 is 90.9 Å². The van der Waals surface area contributed by atoms with Gasteiger partial charge in [-0.2, -0.15) is 0 Å². The lowest BCUT2D eigenvalue weighted by molar-refractivity contribution is 1.31. The van der Waals surface area contributed by atoms with Gasteiger partial charge in [0.2, 0.25) is 0 Å². The Kier molecular flexibility index (Phi) is 5.62. The van der Waals surface area contributed by atoms with Crippen LogP contribution in [0.5, 0.6) is 0 Å². The SMILES string of the molecule is c1ccc(-c2ccc(N(c3ccc4c(ccc5c6ccccc6sc45)c3)c3cccc4sc5ccccc5c34)cc2)cc1. The first-order valence-corrected chi connectivity index (χ1v) is 16.1. The highest BCUT2D eigenvalue weighted by Crippen LogP contribution is 2.46. The number of hydrogen-bond donors (Lipinski definition) is 0. The van der Waals surface area contributed by atoms with Crippen LogP contribution in [0.4, 0.5) is 17.1 Å². The second kappa shape index (κ2) is 9.81. The molecule has 2 heterocycles. The van der Waals surface area contributed by atoms with Gasteiger partial charge < -0.3 is 4.90 Å². The molecule has 7 aromatic carbocycles. The maximum atomic E-state index is 2.44. The average Bonchev–Trinajstić information content (AvgIpc) is 3.65. The molecule has 0 N–H and O–H groups in total. The zero-order valence-electron chi connectivity index (χ0n) is 23.2. The first-order valence-electron chi connectivity index (χ1n) is 14.5. The van der Waals surface area contributed by atoms with Crippen LogP contribution in [0, 0.1) is 0 Å². The van der Waals surface area contributed by atoms with Crippen LogP contribution in [-0.4, -0.2) is 0 Å². The van der Waals surface area contributed by atoms with Crippen LogP contribution in [0.25, 0.3) is 62.2 Å². The quantitative estimate of drug-likeness (QED) is 0.199. The zero-order valence-corrected chi connectivity index (χ0v) is 24.8. The lowest BCUT2D eigenvalue weighted by atomic mass is 10.0. The Balaban J connectivity index is 1.27. The number of nitrogens with zero attached hydrogens (tertiary/aromatic N) is 1. The van der Waals surface area contributed by atoms with Gasteiger partial charge in [-0.05, 0) is 70.4 Å². The molecule has 0 bridgehead atoms. The van der Waals surface area contributed by atoms with E-state index in [1.165, 1.54) is 67.9 Å². The molecule has 0 fully saturated rings. The maximum absolute atomic E-state index is 2.44. The summed E-state index contributed by atoms with van der Waals surface area (Å²) in [6.45, 7) is 0. The van der Waals surface area contributed by atoms with E-state index in [9.17, 15) is 0 Å². The predicted molar refractivity (Wildman–Crippen MR) is 190 cm³/mol. The largest absolute Gasteiger partial charge is 0.310 e. The van der Waals surface area contributed by atoms with Gasteiger partial charge in [0.05, 0.1) is 5.69 Å². The third kappa shape index (κ3) is 3.97. The van der Waals surface area contributed by atoms with Crippen LogP contribution in [0.15, 0.2) is 152 Å². The van der Waals surface area contributed by atoms with E-state index in [0.29, 0.717) is 0 Å². The summed E-state index contributed by atoms with van der Waals surface area (Å²) in [7, 11) is 0. The van der Waals surface area contributed by atoms with Gasteiger partial charge >= 0.3 is 0 Å². The molecule has 0 radical (unpaired) electrons. The molecule has 0 aliphatic heterocycles. The van der Waals surface area contributed by atoms with Crippen molar-refractivity contribution in [2.45, 2.75) is 0 Å². The molecule has 0 atom stereocenters. The van der Waals surface area contributed by atoms with Gasteiger partial charge in [-0.25, -0.2) is 0 Å². The smallest absolute Gasteiger partial charge is 0.0554 e. The minimum Gasteiger partial charge on any atom is -0.310 e. The van der Waals surface area contributed by atoms with Crippen LogP contribution < -0.4 is 4.90 Å². The molecule has 9 rings (SSSR count). The predicted octanol–water partition coefficient (Wildman–Crippen LogP) is 12.7. The monoisotopic (exact) mass is 583 g/mol. The second-order valence-corrected chi connectivity index (χ2v) is 13.1. The molecule has 0 unspecified atom stereocenters. The van der Waals surface area contributed by atoms with E-state index in [0.717, 1.165) is 11.4 Å². The van der Waals surface area contributed by atoms with Crippen molar-refractivity contribution in [2.75, 3.05) is 4.90 Å². The molecule has 0 saturated heterocycles. The third-order valence-corrected chi connectivity index (χ3v) is 10.8. The molecule has 0 amide bonds. The lowest BCUT2D eigenvalue weighted by Crippen LogP contribution is -2.10. The molecule has 43 heavy (non-hydrogen) atoms. The van der Waals surface area contributed by atoms with Crippen molar-refractivity contribution in [1.82, 2.24) is 0 Å². The van der Waals surface area contributed by atoms with Crippen LogP contribution >= 0.6 is 22.7 Å². The molecular weight excluding hydrogens is 559 g/mol. The molecule has 0 aliphatic carbocycles. The van der Waals surface area contributed by atoms with Crippen LogP contribution in [0.1, 0.15) is 0 Å². The average molecular weight is 584 g/mol. The van der Waals surface area contributed by atoms with Gasteiger partial charge in [0.25, 0.3) is 0 Å². The Morgan fingerprint density at radius 2 is 1.05 bits per heavy atom. The van der Waals surface area contributed by atoms with Crippen molar-refractivity contribution in [3.63, 3.8) is 0 Å². The van der Waals surface area contributed by atoms with Gasteiger partial charge in [-0.3, -0.25) is 0 Å². The van der Waals surface area contributed by atoms with E-state index in [-0.39, 0.29) is 0 Å². The molecule has 1 nitrogen and oxygen atoms in total. The Labute approximate surface area is 257 Å². The number of hydrogen-bond acceptors (Lipinski definition) is 3. The van der Waals surface area contributed by atoms with E-state index in [1.54, 1.807) is 0 Å². The van der Waals surface area contributed by atoms with Gasteiger partial charge in [0.1, 0.15) is 0 Å².